The van der Waals surface area contributed by atoms with Crippen molar-refractivity contribution in [3.63, 3.8) is 0 Å². The molecule has 4 rings (SSSR count). The molecule has 0 fully saturated rings. The molecule has 2 aromatic carbocycles. The summed E-state index contributed by atoms with van der Waals surface area (Å²) in [5.41, 5.74) is 2.98. The van der Waals surface area contributed by atoms with Crippen LogP contribution in [0.1, 0.15) is 30.9 Å². The molecule has 2 heterocycles. The van der Waals surface area contributed by atoms with Gasteiger partial charge in [0.2, 0.25) is 0 Å². The fraction of sp³-hybridized carbons (Fsp3) is 0.208. The van der Waals surface area contributed by atoms with Crippen LogP contribution >= 0.6 is 34.5 Å². The summed E-state index contributed by atoms with van der Waals surface area (Å²) in [6, 6.07) is 14.8. The molecule has 0 saturated carbocycles. The smallest absolute Gasteiger partial charge is 0.267 e. The summed E-state index contributed by atoms with van der Waals surface area (Å²) in [5.74, 6) is 0.494. The molecule has 5 nitrogen and oxygen atoms in total. The third kappa shape index (κ3) is 5.04. The van der Waals surface area contributed by atoms with Crippen molar-refractivity contribution < 1.29 is 9.53 Å². The first-order valence-electron chi connectivity index (χ1n) is 10.1. The van der Waals surface area contributed by atoms with E-state index in [1.807, 2.05) is 24.3 Å². The van der Waals surface area contributed by atoms with E-state index in [2.05, 4.69) is 24.9 Å². The van der Waals surface area contributed by atoms with Crippen LogP contribution in [0.5, 0.6) is 5.75 Å². The zero-order valence-corrected chi connectivity index (χ0v) is 19.9. The van der Waals surface area contributed by atoms with E-state index in [0.717, 1.165) is 21.3 Å². The first kappa shape index (κ1) is 22.5. The lowest BCUT2D eigenvalue weighted by Gasteiger charge is -2.20. The average molecular weight is 486 g/mol. The molecule has 0 unspecified atom stereocenters. The van der Waals surface area contributed by atoms with Crippen molar-refractivity contribution in [2.45, 2.75) is 26.3 Å². The molecule has 0 N–H and O–H groups in total. The molecular weight excluding hydrogens is 465 g/mol. The van der Waals surface area contributed by atoms with Crippen molar-refractivity contribution in [2.24, 2.45) is 0 Å². The number of hydrogen-bond acceptors (Lipinski definition) is 5. The molecule has 0 radical (unpaired) electrons. The predicted molar refractivity (Wildman–Crippen MR) is 131 cm³/mol. The number of carbonyl (C=O) groups is 1. The lowest BCUT2D eigenvalue weighted by Crippen LogP contribution is -2.34. The maximum Gasteiger partial charge on any atom is 0.267 e. The molecule has 0 aliphatic heterocycles. The number of fused-ring (bicyclic) bond motifs is 1. The normalized spacial score (nSPS) is 11.2. The standard InChI is InChI=1S/C24H21Cl2N3O2S/c1-15(2)18-6-3-7-21-23(18)28-24(32-21)29(13-16-5-4-10-27-12-16)22(30)14-31-20-9-8-17(25)11-19(20)26/h3-12,15H,13-14H2,1-2H3. The summed E-state index contributed by atoms with van der Waals surface area (Å²) in [4.78, 5) is 23.9. The van der Waals surface area contributed by atoms with Gasteiger partial charge in [0.25, 0.3) is 5.91 Å². The van der Waals surface area contributed by atoms with Crippen molar-refractivity contribution in [3.8, 4) is 5.75 Å². The van der Waals surface area contributed by atoms with Gasteiger partial charge in [0, 0.05) is 17.4 Å². The number of rotatable bonds is 7. The molecule has 0 bridgehead atoms. The minimum atomic E-state index is -0.231. The van der Waals surface area contributed by atoms with Crippen LogP contribution < -0.4 is 9.64 Å². The summed E-state index contributed by atoms with van der Waals surface area (Å²) in [5, 5.41) is 1.47. The van der Waals surface area contributed by atoms with Gasteiger partial charge >= 0.3 is 0 Å². The quantitative estimate of drug-likeness (QED) is 0.291. The Balaban J connectivity index is 1.65. The van der Waals surface area contributed by atoms with Gasteiger partial charge in [0.1, 0.15) is 5.75 Å². The molecule has 1 amide bonds. The Labute approximate surface area is 200 Å². The van der Waals surface area contributed by atoms with Crippen LogP contribution in [0.2, 0.25) is 10.0 Å². The van der Waals surface area contributed by atoms with Gasteiger partial charge in [0.05, 0.1) is 21.8 Å². The van der Waals surface area contributed by atoms with Crippen molar-refractivity contribution in [2.75, 3.05) is 11.5 Å². The average Bonchev–Trinajstić information content (AvgIpc) is 3.21. The molecule has 164 valence electrons. The van der Waals surface area contributed by atoms with Gasteiger partial charge in [-0.05, 0) is 47.4 Å². The highest BCUT2D eigenvalue weighted by atomic mass is 35.5. The van der Waals surface area contributed by atoms with E-state index in [0.29, 0.717) is 33.4 Å². The number of anilines is 1. The molecule has 8 heteroatoms. The van der Waals surface area contributed by atoms with E-state index in [1.54, 1.807) is 35.5 Å². The number of amides is 1. The van der Waals surface area contributed by atoms with Gasteiger partial charge in [-0.2, -0.15) is 0 Å². The number of carbonyl (C=O) groups excluding carboxylic acids is 1. The van der Waals surface area contributed by atoms with Gasteiger partial charge < -0.3 is 4.74 Å². The zero-order chi connectivity index (χ0) is 22.7. The Bertz CT molecular complexity index is 1240. The monoisotopic (exact) mass is 485 g/mol. The molecule has 0 aliphatic rings. The minimum Gasteiger partial charge on any atom is -0.482 e. The van der Waals surface area contributed by atoms with Crippen molar-refractivity contribution in [3.05, 3.63) is 82.1 Å². The molecule has 0 spiro atoms. The zero-order valence-electron chi connectivity index (χ0n) is 17.6. The third-order valence-corrected chi connectivity index (χ3v) is 6.48. The van der Waals surface area contributed by atoms with Crippen LogP contribution in [-0.2, 0) is 11.3 Å². The van der Waals surface area contributed by atoms with Crippen LogP contribution in [0.4, 0.5) is 5.13 Å². The molecular formula is C24H21Cl2N3O2S. The van der Waals surface area contributed by atoms with Crippen molar-refractivity contribution in [1.82, 2.24) is 9.97 Å². The summed E-state index contributed by atoms with van der Waals surface area (Å²) in [7, 11) is 0. The molecule has 4 aromatic rings. The summed E-state index contributed by atoms with van der Waals surface area (Å²) < 4.78 is 6.75. The van der Waals surface area contributed by atoms with Crippen LogP contribution in [0.3, 0.4) is 0 Å². The van der Waals surface area contributed by atoms with E-state index >= 15 is 0 Å². The number of hydrogen-bond donors (Lipinski definition) is 0. The highest BCUT2D eigenvalue weighted by Gasteiger charge is 2.22. The SMILES string of the molecule is CC(C)c1cccc2sc(N(Cc3cccnc3)C(=O)COc3ccc(Cl)cc3Cl)nc12. The summed E-state index contributed by atoms with van der Waals surface area (Å²) in [6.45, 7) is 4.42. The van der Waals surface area contributed by atoms with Crippen LogP contribution in [0, 0.1) is 0 Å². The van der Waals surface area contributed by atoms with Gasteiger partial charge in [-0.1, -0.05) is 66.6 Å². The van der Waals surface area contributed by atoms with Gasteiger partial charge in [-0.3, -0.25) is 14.7 Å². The topological polar surface area (TPSA) is 55.3 Å². The number of pyridine rings is 1. The van der Waals surface area contributed by atoms with Crippen LogP contribution in [0.15, 0.2) is 60.9 Å². The van der Waals surface area contributed by atoms with Crippen molar-refractivity contribution in [1.29, 1.82) is 0 Å². The fourth-order valence-corrected chi connectivity index (χ4v) is 4.77. The second kappa shape index (κ2) is 9.86. The molecule has 0 saturated heterocycles. The van der Waals surface area contributed by atoms with Gasteiger partial charge in [-0.25, -0.2) is 4.98 Å². The van der Waals surface area contributed by atoms with Crippen LogP contribution in [-0.4, -0.2) is 22.5 Å². The molecule has 0 atom stereocenters. The Morgan fingerprint density at radius 1 is 1.16 bits per heavy atom. The number of nitrogens with zero attached hydrogens (tertiary/aromatic N) is 3. The third-order valence-electron chi connectivity index (χ3n) is 4.90. The first-order chi connectivity index (χ1) is 15.4. The van der Waals surface area contributed by atoms with Gasteiger partial charge in [-0.15, -0.1) is 0 Å². The number of benzene rings is 2. The number of thiazole rings is 1. The number of para-hydroxylation sites is 1. The molecule has 0 aliphatic carbocycles. The molecule has 2 aromatic heterocycles. The van der Waals surface area contributed by atoms with E-state index < -0.39 is 0 Å². The highest BCUT2D eigenvalue weighted by Crippen LogP contribution is 2.34. The Morgan fingerprint density at radius 2 is 2.00 bits per heavy atom. The minimum absolute atomic E-state index is 0.186. The second-order valence-corrected chi connectivity index (χ2v) is 9.40. The fourth-order valence-electron chi connectivity index (χ4n) is 3.29. The number of ether oxygens (including phenoxy) is 1. The summed E-state index contributed by atoms with van der Waals surface area (Å²) >= 11 is 13.6. The second-order valence-electron chi connectivity index (χ2n) is 7.55. The largest absolute Gasteiger partial charge is 0.482 e. The van der Waals surface area contributed by atoms with Gasteiger partial charge in [0.15, 0.2) is 11.7 Å². The Hall–Kier alpha value is -2.67. The highest BCUT2D eigenvalue weighted by molar-refractivity contribution is 7.22. The number of halogens is 2. The lowest BCUT2D eigenvalue weighted by molar-refractivity contribution is -0.120. The van der Waals surface area contributed by atoms with E-state index in [1.165, 1.54) is 11.3 Å². The van der Waals surface area contributed by atoms with E-state index in [9.17, 15) is 4.79 Å². The van der Waals surface area contributed by atoms with E-state index in [4.69, 9.17) is 32.9 Å². The molecule has 32 heavy (non-hydrogen) atoms. The lowest BCUT2D eigenvalue weighted by atomic mass is 10.0. The summed E-state index contributed by atoms with van der Waals surface area (Å²) in [6.07, 6.45) is 3.44. The van der Waals surface area contributed by atoms with E-state index in [-0.39, 0.29) is 12.5 Å². The number of aromatic nitrogens is 2. The Morgan fingerprint density at radius 3 is 2.72 bits per heavy atom. The predicted octanol–water partition coefficient (Wildman–Crippen LogP) is 6.73. The van der Waals surface area contributed by atoms with Crippen LogP contribution in [0.25, 0.3) is 10.2 Å². The maximum atomic E-state index is 13.3. The first-order valence-corrected chi connectivity index (χ1v) is 11.7. The maximum absolute atomic E-state index is 13.3. The van der Waals surface area contributed by atoms with Crippen molar-refractivity contribution >= 4 is 55.8 Å². The Kier molecular flexibility index (Phi) is 6.94.